The smallest absolute Gasteiger partial charge is 0.310 e. The van der Waals surface area contributed by atoms with Crippen LogP contribution in [0, 0.1) is 54.2 Å². The summed E-state index contributed by atoms with van der Waals surface area (Å²) >= 11 is 0. The molecule has 4 fully saturated rings. The molecule has 4 saturated heterocycles. The monoisotopic (exact) mass is 648 g/mol. The number of aryl methyl sites for hydroxylation is 1. The third kappa shape index (κ3) is 9.19. The second-order valence-corrected chi connectivity index (χ2v) is 12.6. The molecule has 0 saturated carbocycles. The first-order chi connectivity index (χ1) is 22.3. The van der Waals surface area contributed by atoms with Crippen LogP contribution in [-0.2, 0) is 25.5 Å². The fourth-order valence-corrected chi connectivity index (χ4v) is 8.34. The van der Waals surface area contributed by atoms with Gasteiger partial charge >= 0.3 is 11.9 Å². The van der Waals surface area contributed by atoms with Crippen molar-refractivity contribution in [2.24, 2.45) is 23.7 Å². The van der Waals surface area contributed by atoms with Crippen LogP contribution in [-0.4, -0.2) is 91.7 Å². The average Bonchev–Trinajstić information content (AvgIpc) is 3.69. The van der Waals surface area contributed by atoms with E-state index < -0.39 is 0 Å². The largest absolute Gasteiger partial charge is 0.498 e. The van der Waals surface area contributed by atoms with Crippen molar-refractivity contribution in [2.75, 3.05) is 40.7 Å². The standard InChI is InChI=1S/C17H25FN2O3.C14H21FN2O3.C3H4/c1-11-8-13(19-23-11)9-12-10-14-4-5-15(16(12)17(21)22-2)20(14)7-3-6-18;1-20-14(18)13-10(5-7-16-19)9-11-3-4-12(13)17(11)8-2-6-15;1-3-2/h8,12,14-16H,3-7,9-10H2,1-2H3;10-13H,2-6,8-9H2,1H3;1H,2H3. The van der Waals surface area contributed by atoms with Gasteiger partial charge in [-0.25, -0.2) is 0 Å². The Kier molecular flexibility index (Phi) is 15.2. The Morgan fingerprint density at radius 1 is 1.00 bits per heavy atom. The number of terminal acetylenes is 1. The number of alkyl halides is 2. The van der Waals surface area contributed by atoms with Crippen LogP contribution in [0.5, 0.6) is 0 Å². The van der Waals surface area contributed by atoms with E-state index in [2.05, 4.69) is 38.4 Å². The lowest BCUT2D eigenvalue weighted by molar-refractivity contribution is -0.153. The SMILES string of the molecule is C#CC.COC(=O)C1C(CC#[N+][O-])CC2CCC1N2CCCF.COC(=O)C1C(Cc2cc(C)on2)CC2CCC1N2CCCF. The van der Waals surface area contributed by atoms with Gasteiger partial charge in [-0.1, -0.05) is 5.16 Å². The molecule has 1 aromatic rings. The number of hydrogen-bond acceptors (Lipinski definition) is 9. The van der Waals surface area contributed by atoms with E-state index in [1.807, 2.05) is 13.0 Å². The molecule has 1 aromatic heterocycles. The molecule has 46 heavy (non-hydrogen) atoms. The Bertz CT molecular complexity index is 1210. The molecular formula is C34H50F2N4O6. The van der Waals surface area contributed by atoms with Crippen LogP contribution in [0.4, 0.5) is 8.78 Å². The zero-order valence-corrected chi connectivity index (χ0v) is 27.7. The van der Waals surface area contributed by atoms with Crippen molar-refractivity contribution >= 4 is 11.9 Å². The maximum absolute atomic E-state index is 12.6. The van der Waals surface area contributed by atoms with Gasteiger partial charge in [-0.2, -0.15) is 0 Å². The molecular weight excluding hydrogens is 598 g/mol. The molecule has 10 nitrogen and oxygen atoms in total. The van der Waals surface area contributed by atoms with E-state index in [1.165, 1.54) is 14.2 Å². The van der Waals surface area contributed by atoms with Gasteiger partial charge in [0, 0.05) is 48.3 Å². The van der Waals surface area contributed by atoms with Gasteiger partial charge in [-0.05, 0) is 83.5 Å². The summed E-state index contributed by atoms with van der Waals surface area (Å²) in [4.78, 5) is 29.1. The third-order valence-electron chi connectivity index (χ3n) is 9.99. The van der Waals surface area contributed by atoms with Gasteiger partial charge in [0.25, 0.3) is 6.07 Å². The first-order valence-corrected chi connectivity index (χ1v) is 16.4. The molecule has 0 aromatic carbocycles. The minimum atomic E-state index is -0.334. The highest BCUT2D eigenvalue weighted by Crippen LogP contribution is 2.45. The maximum atomic E-state index is 12.6. The minimum Gasteiger partial charge on any atom is -0.498 e. The van der Waals surface area contributed by atoms with Crippen LogP contribution in [0.25, 0.3) is 5.01 Å². The van der Waals surface area contributed by atoms with Crippen molar-refractivity contribution in [3.8, 4) is 18.4 Å². The summed E-state index contributed by atoms with van der Waals surface area (Å²) < 4.78 is 40.1. The second-order valence-electron chi connectivity index (χ2n) is 12.6. The lowest BCUT2D eigenvalue weighted by Crippen LogP contribution is -2.52. The molecule has 0 N–H and O–H groups in total. The van der Waals surface area contributed by atoms with Crippen molar-refractivity contribution in [2.45, 2.75) is 102 Å². The number of halogens is 2. The van der Waals surface area contributed by atoms with Crippen molar-refractivity contribution in [1.29, 1.82) is 0 Å². The number of nitrogens with zero attached hydrogens (tertiary/aromatic N) is 4. The lowest BCUT2D eigenvalue weighted by atomic mass is 9.77. The Balaban J connectivity index is 0.000000233. The number of ether oxygens (including phenoxy) is 2. The number of esters is 2. The van der Waals surface area contributed by atoms with E-state index in [1.54, 1.807) is 6.92 Å². The van der Waals surface area contributed by atoms with Gasteiger partial charge in [-0.15, -0.1) is 12.3 Å². The molecule has 0 radical (unpaired) electrons. The zero-order valence-electron chi connectivity index (χ0n) is 27.7. The van der Waals surface area contributed by atoms with E-state index in [0.717, 1.165) is 62.9 Å². The van der Waals surface area contributed by atoms with Crippen LogP contribution >= 0.6 is 0 Å². The highest BCUT2D eigenvalue weighted by atomic mass is 19.1. The van der Waals surface area contributed by atoms with Crippen molar-refractivity contribution in [3.05, 3.63) is 27.7 Å². The molecule has 8 atom stereocenters. The molecule has 4 aliphatic rings. The highest BCUT2D eigenvalue weighted by Gasteiger charge is 2.51. The van der Waals surface area contributed by atoms with Gasteiger partial charge in [0.15, 0.2) is 0 Å². The Morgan fingerprint density at radius 2 is 1.50 bits per heavy atom. The molecule has 4 bridgehead atoms. The van der Waals surface area contributed by atoms with Gasteiger partial charge in [0.05, 0.1) is 51.5 Å². The zero-order chi connectivity index (χ0) is 33.6. The average molecular weight is 649 g/mol. The van der Waals surface area contributed by atoms with E-state index in [0.29, 0.717) is 37.9 Å². The molecule has 4 aliphatic heterocycles. The number of hydrogen-bond donors (Lipinski definition) is 0. The van der Waals surface area contributed by atoms with Crippen molar-refractivity contribution in [3.63, 3.8) is 0 Å². The Morgan fingerprint density at radius 3 is 1.93 bits per heavy atom. The molecule has 8 unspecified atom stereocenters. The fraction of sp³-hybridized carbons (Fsp3) is 0.765. The minimum absolute atomic E-state index is 0.0549. The normalized spacial score (nSPS) is 29.6. The summed E-state index contributed by atoms with van der Waals surface area (Å²) in [5.74, 6) is 2.51. The van der Waals surface area contributed by atoms with Crippen LogP contribution < -0.4 is 0 Å². The van der Waals surface area contributed by atoms with Gasteiger partial charge in [0.1, 0.15) is 5.76 Å². The number of fused-ring (bicyclic) bond motifs is 4. The molecule has 256 valence electrons. The number of carbonyl (C=O) groups excluding carboxylic acids is 2. The number of piperidine rings is 2. The molecule has 5 rings (SSSR count). The summed E-state index contributed by atoms with van der Waals surface area (Å²) in [6.07, 6.45) is 12.6. The summed E-state index contributed by atoms with van der Waals surface area (Å²) in [7, 11) is 2.84. The molecule has 5 heterocycles. The fourth-order valence-electron chi connectivity index (χ4n) is 8.34. The van der Waals surface area contributed by atoms with E-state index in [9.17, 15) is 23.6 Å². The third-order valence-corrected chi connectivity index (χ3v) is 9.99. The predicted octanol–water partition coefficient (Wildman–Crippen LogP) is 5.38. The van der Waals surface area contributed by atoms with Gasteiger partial charge in [0.2, 0.25) is 0 Å². The summed E-state index contributed by atoms with van der Waals surface area (Å²) in [6.45, 7) is 4.30. The summed E-state index contributed by atoms with van der Waals surface area (Å²) in [6, 6.07) is 5.48. The van der Waals surface area contributed by atoms with E-state index in [4.69, 9.17) is 14.0 Å². The highest BCUT2D eigenvalue weighted by molar-refractivity contribution is 5.74. The van der Waals surface area contributed by atoms with Crippen LogP contribution in [0.2, 0.25) is 0 Å². The number of rotatable bonds is 11. The molecule has 0 amide bonds. The number of carbonyl (C=O) groups is 2. The van der Waals surface area contributed by atoms with Crippen LogP contribution in [0.15, 0.2) is 10.6 Å². The first-order valence-electron chi connectivity index (χ1n) is 16.4. The van der Waals surface area contributed by atoms with Crippen molar-refractivity contribution < 1.29 is 32.4 Å². The summed E-state index contributed by atoms with van der Waals surface area (Å²) in [5, 5.41) is 17.0. The maximum Gasteiger partial charge on any atom is 0.310 e. The van der Waals surface area contributed by atoms with Gasteiger partial charge < -0.3 is 19.2 Å². The Labute approximate surface area is 271 Å². The topological polar surface area (TPSA) is 113 Å². The summed E-state index contributed by atoms with van der Waals surface area (Å²) in [5.41, 5.74) is 0.901. The van der Waals surface area contributed by atoms with Gasteiger partial charge in [-0.3, -0.25) is 28.2 Å². The lowest BCUT2D eigenvalue weighted by Gasteiger charge is -2.43. The molecule has 0 spiro atoms. The predicted molar refractivity (Wildman–Crippen MR) is 170 cm³/mol. The number of aromatic nitrogens is 1. The Hall–Kier alpha value is -3.22. The first kappa shape index (κ1) is 37.2. The van der Waals surface area contributed by atoms with Crippen LogP contribution in [0.1, 0.15) is 76.2 Å². The molecule has 12 heteroatoms. The van der Waals surface area contributed by atoms with E-state index in [-0.39, 0.29) is 61.0 Å². The van der Waals surface area contributed by atoms with Crippen LogP contribution in [0.3, 0.4) is 0 Å². The molecule has 0 aliphatic carbocycles. The van der Waals surface area contributed by atoms with Crippen molar-refractivity contribution in [1.82, 2.24) is 15.0 Å². The second kappa shape index (κ2) is 18.8. The number of methoxy groups -OCH3 is 2. The quantitative estimate of drug-likeness (QED) is 0.177. The van der Waals surface area contributed by atoms with E-state index >= 15 is 0 Å².